The predicted molar refractivity (Wildman–Crippen MR) is 124 cm³/mol. The van der Waals surface area contributed by atoms with Crippen molar-refractivity contribution in [3.63, 3.8) is 0 Å². The Kier molecular flexibility index (Phi) is 8.85. The maximum atomic E-state index is 12.8. The van der Waals surface area contributed by atoms with Crippen molar-refractivity contribution in [1.29, 1.82) is 0 Å². The molecule has 178 valence electrons. The number of carboxylic acid groups (broad SMARTS) is 1. The average molecular weight is 457 g/mol. The molecule has 0 unspecified atom stereocenters. The number of carbonyl (C=O) groups is 3. The Labute approximate surface area is 194 Å². The first-order chi connectivity index (χ1) is 15.5. The summed E-state index contributed by atoms with van der Waals surface area (Å²) in [6.45, 7) is 7.37. The van der Waals surface area contributed by atoms with Crippen molar-refractivity contribution in [3.05, 3.63) is 65.7 Å². The smallest absolute Gasteiger partial charge is 0.408 e. The van der Waals surface area contributed by atoms with E-state index in [4.69, 9.17) is 9.47 Å². The molecule has 2 rings (SSSR count). The van der Waals surface area contributed by atoms with Crippen LogP contribution in [0.15, 0.2) is 54.6 Å². The van der Waals surface area contributed by atoms with E-state index in [9.17, 15) is 19.5 Å². The number of carboxylic acids is 1. The van der Waals surface area contributed by atoms with E-state index >= 15 is 0 Å². The molecule has 0 aliphatic rings. The Morgan fingerprint density at radius 2 is 1.61 bits per heavy atom. The van der Waals surface area contributed by atoms with E-state index in [1.807, 2.05) is 51.1 Å². The fourth-order valence-electron chi connectivity index (χ4n) is 3.12. The molecule has 2 aromatic rings. The van der Waals surface area contributed by atoms with Gasteiger partial charge in [0.2, 0.25) is 5.91 Å². The minimum absolute atomic E-state index is 0.0656. The van der Waals surface area contributed by atoms with Gasteiger partial charge in [-0.15, -0.1) is 0 Å². The number of nitrogens with zero attached hydrogens (tertiary/aromatic N) is 1. The molecule has 0 saturated carbocycles. The molecule has 8 nitrogen and oxygen atoms in total. The van der Waals surface area contributed by atoms with Gasteiger partial charge in [-0.1, -0.05) is 42.5 Å². The molecule has 0 spiro atoms. The van der Waals surface area contributed by atoms with Gasteiger partial charge in [-0.2, -0.15) is 0 Å². The highest BCUT2D eigenvalue weighted by atomic mass is 16.5. The zero-order chi connectivity index (χ0) is 24.6. The highest BCUT2D eigenvalue weighted by Gasteiger charge is 2.30. The summed E-state index contributed by atoms with van der Waals surface area (Å²) >= 11 is 0. The van der Waals surface area contributed by atoms with Crippen LogP contribution >= 0.6 is 0 Å². The molecule has 33 heavy (non-hydrogen) atoms. The van der Waals surface area contributed by atoms with Crippen LogP contribution in [-0.2, 0) is 27.4 Å². The summed E-state index contributed by atoms with van der Waals surface area (Å²) in [5, 5.41) is 12.2. The molecule has 0 aromatic heterocycles. The molecule has 2 N–H and O–H groups in total. The van der Waals surface area contributed by atoms with Gasteiger partial charge in [0.05, 0.1) is 0 Å². The summed E-state index contributed by atoms with van der Waals surface area (Å²) in [5.41, 5.74) is 1.21. The van der Waals surface area contributed by atoms with Gasteiger partial charge in [0.1, 0.15) is 30.0 Å². The average Bonchev–Trinajstić information content (AvgIpc) is 2.75. The summed E-state index contributed by atoms with van der Waals surface area (Å²) in [4.78, 5) is 37.8. The SMILES string of the molecule is C[C@H](NC(=O)OCc1ccccc1)C(=O)N(C)[C@@H](Cc1ccc(OC(C)(C)C)cc1)C(=O)O. The Bertz CT molecular complexity index is 938. The number of nitrogens with one attached hydrogen (secondary N) is 1. The van der Waals surface area contributed by atoms with Gasteiger partial charge >= 0.3 is 12.1 Å². The molecule has 0 aliphatic heterocycles. The molecule has 0 heterocycles. The second kappa shape index (κ2) is 11.4. The molecule has 2 atom stereocenters. The van der Waals surface area contributed by atoms with Crippen molar-refractivity contribution in [2.45, 2.75) is 58.4 Å². The molecule has 0 radical (unpaired) electrons. The van der Waals surface area contributed by atoms with E-state index in [2.05, 4.69) is 5.32 Å². The van der Waals surface area contributed by atoms with Crippen molar-refractivity contribution < 1.29 is 29.0 Å². The molecule has 2 amide bonds. The number of alkyl carbamates (subject to hydrolysis) is 1. The van der Waals surface area contributed by atoms with Gasteiger partial charge in [0.25, 0.3) is 0 Å². The molecule has 0 bridgehead atoms. The van der Waals surface area contributed by atoms with Crippen molar-refractivity contribution in [1.82, 2.24) is 10.2 Å². The van der Waals surface area contributed by atoms with Crippen molar-refractivity contribution in [3.8, 4) is 5.75 Å². The first kappa shape index (κ1) is 25.7. The number of hydrogen-bond acceptors (Lipinski definition) is 5. The summed E-state index contributed by atoms with van der Waals surface area (Å²) < 4.78 is 10.9. The van der Waals surface area contributed by atoms with E-state index < -0.39 is 30.1 Å². The number of ether oxygens (including phenoxy) is 2. The number of aliphatic carboxylic acids is 1. The van der Waals surface area contributed by atoms with E-state index in [0.717, 1.165) is 16.0 Å². The van der Waals surface area contributed by atoms with Gasteiger partial charge in [0, 0.05) is 13.5 Å². The summed E-state index contributed by atoms with van der Waals surface area (Å²) in [5.74, 6) is -0.999. The highest BCUT2D eigenvalue weighted by molar-refractivity contribution is 5.89. The van der Waals surface area contributed by atoms with Crippen LogP contribution < -0.4 is 10.1 Å². The second-order valence-corrected chi connectivity index (χ2v) is 8.79. The Hall–Kier alpha value is -3.55. The number of benzene rings is 2. The summed E-state index contributed by atoms with van der Waals surface area (Å²) in [6, 6.07) is 14.2. The third-order valence-electron chi connectivity index (χ3n) is 4.79. The first-order valence-electron chi connectivity index (χ1n) is 10.7. The van der Waals surface area contributed by atoms with Gasteiger partial charge in [-0.25, -0.2) is 9.59 Å². The fraction of sp³-hybridized carbons (Fsp3) is 0.400. The summed E-state index contributed by atoms with van der Waals surface area (Å²) in [6.07, 6.45) is -0.646. The monoisotopic (exact) mass is 456 g/mol. The van der Waals surface area contributed by atoms with Gasteiger partial charge in [-0.05, 0) is 51.0 Å². The lowest BCUT2D eigenvalue weighted by Crippen LogP contribution is -2.51. The molecule has 0 fully saturated rings. The zero-order valence-corrected chi connectivity index (χ0v) is 19.7. The summed E-state index contributed by atoms with van der Waals surface area (Å²) in [7, 11) is 1.41. The van der Waals surface area contributed by atoms with Crippen LogP contribution in [0.5, 0.6) is 5.75 Å². The molecule has 2 aromatic carbocycles. The normalized spacial score (nSPS) is 12.9. The first-order valence-corrected chi connectivity index (χ1v) is 10.7. The lowest BCUT2D eigenvalue weighted by molar-refractivity contribution is -0.149. The lowest BCUT2D eigenvalue weighted by atomic mass is 10.0. The van der Waals surface area contributed by atoms with Crippen LogP contribution in [0.2, 0.25) is 0 Å². The van der Waals surface area contributed by atoms with Crippen LogP contribution in [0.1, 0.15) is 38.8 Å². The largest absolute Gasteiger partial charge is 0.488 e. The van der Waals surface area contributed by atoms with E-state index in [-0.39, 0.29) is 18.6 Å². The van der Waals surface area contributed by atoms with Crippen LogP contribution in [0.25, 0.3) is 0 Å². The minimum atomic E-state index is -1.14. The lowest BCUT2D eigenvalue weighted by Gasteiger charge is -2.28. The molecular formula is C25H32N2O6. The molecular weight excluding hydrogens is 424 g/mol. The van der Waals surface area contributed by atoms with Crippen molar-refractivity contribution >= 4 is 18.0 Å². The Morgan fingerprint density at radius 1 is 1.00 bits per heavy atom. The van der Waals surface area contributed by atoms with E-state index in [1.165, 1.54) is 14.0 Å². The third kappa shape index (κ3) is 8.48. The topological polar surface area (TPSA) is 105 Å². The van der Waals surface area contributed by atoms with Crippen LogP contribution in [0.3, 0.4) is 0 Å². The number of amides is 2. The fourth-order valence-corrected chi connectivity index (χ4v) is 3.12. The van der Waals surface area contributed by atoms with Crippen LogP contribution in [0.4, 0.5) is 4.79 Å². The van der Waals surface area contributed by atoms with E-state index in [0.29, 0.717) is 5.75 Å². The standard InChI is InChI=1S/C25H32N2O6/c1-17(26-24(31)32-16-19-9-7-6-8-10-19)22(28)27(5)21(23(29)30)15-18-11-13-20(14-12-18)33-25(2,3)4/h6-14,17,21H,15-16H2,1-5H3,(H,26,31)(H,29,30)/t17-,21-/m0/s1. The second-order valence-electron chi connectivity index (χ2n) is 8.79. The van der Waals surface area contributed by atoms with Crippen molar-refractivity contribution in [2.24, 2.45) is 0 Å². The van der Waals surface area contributed by atoms with Gasteiger partial charge < -0.3 is 24.8 Å². The van der Waals surface area contributed by atoms with Crippen LogP contribution in [-0.4, -0.2) is 52.7 Å². The quantitative estimate of drug-likeness (QED) is 0.597. The third-order valence-corrected chi connectivity index (χ3v) is 4.79. The predicted octanol–water partition coefficient (Wildman–Crippen LogP) is 3.63. The maximum Gasteiger partial charge on any atom is 0.408 e. The van der Waals surface area contributed by atoms with Crippen LogP contribution in [0, 0.1) is 0 Å². The zero-order valence-electron chi connectivity index (χ0n) is 19.7. The van der Waals surface area contributed by atoms with Gasteiger partial charge in [0.15, 0.2) is 0 Å². The van der Waals surface area contributed by atoms with Gasteiger partial charge in [-0.3, -0.25) is 4.79 Å². The number of hydrogen-bond donors (Lipinski definition) is 2. The highest BCUT2D eigenvalue weighted by Crippen LogP contribution is 2.20. The molecule has 8 heteroatoms. The number of rotatable bonds is 9. The minimum Gasteiger partial charge on any atom is -0.488 e. The molecule has 0 aliphatic carbocycles. The number of likely N-dealkylation sites (N-methyl/N-ethyl adjacent to an activating group) is 1. The number of carbonyl (C=O) groups excluding carboxylic acids is 2. The Morgan fingerprint density at radius 3 is 2.15 bits per heavy atom. The maximum absolute atomic E-state index is 12.8. The van der Waals surface area contributed by atoms with Crippen molar-refractivity contribution in [2.75, 3.05) is 7.05 Å². The molecule has 0 saturated heterocycles. The Balaban J connectivity index is 1.95. The van der Waals surface area contributed by atoms with E-state index in [1.54, 1.807) is 24.3 Å².